The molecular formula is C27H26FN3O5. The monoisotopic (exact) mass is 491 g/mol. The van der Waals surface area contributed by atoms with Crippen molar-refractivity contribution in [3.8, 4) is 11.5 Å². The molecule has 0 bridgehead atoms. The molecule has 1 N–H and O–H groups in total. The van der Waals surface area contributed by atoms with Gasteiger partial charge in [-0.3, -0.25) is 9.59 Å². The maximum atomic E-state index is 13.4. The molecule has 0 saturated carbocycles. The molecule has 9 heteroatoms. The van der Waals surface area contributed by atoms with Crippen molar-refractivity contribution in [2.24, 2.45) is 0 Å². The molecule has 1 aliphatic rings. The van der Waals surface area contributed by atoms with Crippen LogP contribution in [0.3, 0.4) is 0 Å². The number of halogens is 1. The summed E-state index contributed by atoms with van der Waals surface area (Å²) < 4.78 is 23.7. The summed E-state index contributed by atoms with van der Waals surface area (Å²) in [5.74, 6) is -0.0801. The summed E-state index contributed by atoms with van der Waals surface area (Å²) in [7, 11) is 3.12. The first kappa shape index (κ1) is 24.7. The van der Waals surface area contributed by atoms with E-state index in [4.69, 9.17) is 9.47 Å². The predicted octanol–water partition coefficient (Wildman–Crippen LogP) is 4.25. The third-order valence-corrected chi connectivity index (χ3v) is 5.96. The number of imide groups is 1. The lowest BCUT2D eigenvalue weighted by Crippen LogP contribution is -2.39. The highest BCUT2D eigenvalue weighted by molar-refractivity contribution is 6.22. The number of rotatable bonds is 9. The van der Waals surface area contributed by atoms with Gasteiger partial charge in [-0.05, 0) is 72.6 Å². The van der Waals surface area contributed by atoms with Crippen LogP contribution in [0.4, 0.5) is 20.6 Å². The van der Waals surface area contributed by atoms with Gasteiger partial charge in [-0.2, -0.15) is 0 Å². The van der Waals surface area contributed by atoms with Crippen molar-refractivity contribution < 1.29 is 28.2 Å². The van der Waals surface area contributed by atoms with Gasteiger partial charge in [0, 0.05) is 12.2 Å². The van der Waals surface area contributed by atoms with Gasteiger partial charge in [-0.15, -0.1) is 0 Å². The summed E-state index contributed by atoms with van der Waals surface area (Å²) in [6.45, 7) is 0.217. The van der Waals surface area contributed by atoms with Crippen molar-refractivity contribution in [2.45, 2.75) is 18.9 Å². The SMILES string of the molecule is COc1ccc(CCN2C(=O)N(c3ccc(F)cc3)C(=O)[C@H]2CC(=O)Nc2ccc(OC)cc2)cc1. The number of anilines is 2. The van der Waals surface area contributed by atoms with Crippen LogP contribution in [0.15, 0.2) is 72.8 Å². The van der Waals surface area contributed by atoms with E-state index in [1.807, 2.05) is 24.3 Å². The summed E-state index contributed by atoms with van der Waals surface area (Å²) >= 11 is 0. The van der Waals surface area contributed by atoms with Crippen molar-refractivity contribution in [3.63, 3.8) is 0 Å². The van der Waals surface area contributed by atoms with Gasteiger partial charge in [0.2, 0.25) is 5.91 Å². The van der Waals surface area contributed by atoms with Crippen LogP contribution in [0, 0.1) is 5.82 Å². The Morgan fingerprint density at radius 1 is 0.889 bits per heavy atom. The summed E-state index contributed by atoms with van der Waals surface area (Å²) in [6.07, 6.45) is 0.244. The first-order valence-electron chi connectivity index (χ1n) is 11.4. The number of carbonyl (C=O) groups is 3. The number of hydrogen-bond acceptors (Lipinski definition) is 5. The van der Waals surface area contributed by atoms with E-state index in [1.54, 1.807) is 38.5 Å². The van der Waals surface area contributed by atoms with Crippen LogP contribution in [0.25, 0.3) is 0 Å². The van der Waals surface area contributed by atoms with E-state index in [-0.39, 0.29) is 18.7 Å². The zero-order chi connectivity index (χ0) is 25.7. The van der Waals surface area contributed by atoms with E-state index in [2.05, 4.69) is 5.32 Å². The lowest BCUT2D eigenvalue weighted by atomic mass is 10.1. The van der Waals surface area contributed by atoms with E-state index < -0.39 is 29.7 Å². The number of hydrogen-bond donors (Lipinski definition) is 1. The molecule has 1 aliphatic heterocycles. The maximum absolute atomic E-state index is 13.4. The van der Waals surface area contributed by atoms with Gasteiger partial charge in [0.1, 0.15) is 23.4 Å². The second-order valence-corrected chi connectivity index (χ2v) is 8.22. The van der Waals surface area contributed by atoms with Gasteiger partial charge < -0.3 is 19.7 Å². The first-order chi connectivity index (χ1) is 17.4. The largest absolute Gasteiger partial charge is 0.497 e. The minimum Gasteiger partial charge on any atom is -0.497 e. The average Bonchev–Trinajstić information content (AvgIpc) is 3.12. The fourth-order valence-corrected chi connectivity index (χ4v) is 4.02. The van der Waals surface area contributed by atoms with Crippen molar-refractivity contribution in [1.82, 2.24) is 4.90 Å². The van der Waals surface area contributed by atoms with Crippen LogP contribution in [-0.4, -0.2) is 49.6 Å². The Morgan fingerprint density at radius 2 is 1.47 bits per heavy atom. The molecule has 3 aromatic rings. The van der Waals surface area contributed by atoms with Crippen LogP contribution in [0.1, 0.15) is 12.0 Å². The molecule has 0 spiro atoms. The minimum absolute atomic E-state index is 0.217. The highest BCUT2D eigenvalue weighted by atomic mass is 19.1. The summed E-state index contributed by atoms with van der Waals surface area (Å²) in [5.41, 5.74) is 1.73. The Bertz CT molecular complexity index is 1230. The lowest BCUT2D eigenvalue weighted by molar-refractivity contribution is -0.124. The van der Waals surface area contributed by atoms with Crippen LogP contribution in [-0.2, 0) is 16.0 Å². The summed E-state index contributed by atoms with van der Waals surface area (Å²) in [5, 5.41) is 2.76. The molecule has 0 radical (unpaired) electrons. The van der Waals surface area contributed by atoms with E-state index >= 15 is 0 Å². The van der Waals surface area contributed by atoms with Gasteiger partial charge in [-0.1, -0.05) is 12.1 Å². The summed E-state index contributed by atoms with van der Waals surface area (Å²) in [6, 6.07) is 17.7. The molecule has 186 valence electrons. The van der Waals surface area contributed by atoms with Gasteiger partial charge >= 0.3 is 6.03 Å². The highest BCUT2D eigenvalue weighted by Gasteiger charge is 2.46. The Hall–Kier alpha value is -4.40. The van der Waals surface area contributed by atoms with E-state index in [0.717, 1.165) is 10.5 Å². The molecule has 0 unspecified atom stereocenters. The third-order valence-electron chi connectivity index (χ3n) is 5.96. The molecule has 8 nitrogen and oxygen atoms in total. The highest BCUT2D eigenvalue weighted by Crippen LogP contribution is 2.28. The van der Waals surface area contributed by atoms with Gasteiger partial charge in [0.05, 0.1) is 26.3 Å². The topological polar surface area (TPSA) is 88.2 Å². The summed E-state index contributed by atoms with van der Waals surface area (Å²) in [4.78, 5) is 41.9. The molecule has 4 amide bonds. The standard InChI is InChI=1S/C27H26FN3O5/c1-35-22-11-3-18(4-12-22)15-16-30-24(17-25(32)29-20-7-13-23(36-2)14-8-20)26(33)31(27(30)34)21-9-5-19(28)6-10-21/h3-14,24H,15-17H2,1-2H3,(H,29,32)/t24-/m1/s1. The molecule has 36 heavy (non-hydrogen) atoms. The smallest absolute Gasteiger partial charge is 0.332 e. The molecule has 0 aromatic heterocycles. The average molecular weight is 492 g/mol. The van der Waals surface area contributed by atoms with Gasteiger partial charge in [-0.25, -0.2) is 14.1 Å². The van der Waals surface area contributed by atoms with Crippen molar-refractivity contribution >= 4 is 29.2 Å². The second kappa shape index (κ2) is 10.9. The molecule has 3 aromatic carbocycles. The minimum atomic E-state index is -1.00. The quantitative estimate of drug-likeness (QED) is 0.452. The second-order valence-electron chi connectivity index (χ2n) is 8.22. The molecule has 1 heterocycles. The number of methoxy groups -OCH3 is 2. The molecular weight excluding hydrogens is 465 g/mol. The van der Waals surface area contributed by atoms with Crippen molar-refractivity contribution in [3.05, 3.63) is 84.2 Å². The number of benzene rings is 3. The fraction of sp³-hybridized carbons (Fsp3) is 0.222. The van der Waals surface area contributed by atoms with Crippen molar-refractivity contribution in [1.29, 1.82) is 0 Å². The third kappa shape index (κ3) is 5.46. The Balaban J connectivity index is 1.53. The molecule has 4 rings (SSSR count). The Kier molecular flexibility index (Phi) is 7.48. The number of urea groups is 1. The van der Waals surface area contributed by atoms with Gasteiger partial charge in [0.25, 0.3) is 5.91 Å². The lowest BCUT2D eigenvalue weighted by Gasteiger charge is -2.21. The number of carbonyl (C=O) groups excluding carboxylic acids is 3. The van der Waals surface area contributed by atoms with E-state index in [9.17, 15) is 18.8 Å². The maximum Gasteiger partial charge on any atom is 0.332 e. The zero-order valence-corrected chi connectivity index (χ0v) is 19.9. The number of amides is 4. The van der Waals surface area contributed by atoms with Gasteiger partial charge in [0.15, 0.2) is 0 Å². The molecule has 1 fully saturated rings. The zero-order valence-electron chi connectivity index (χ0n) is 19.9. The first-order valence-corrected chi connectivity index (χ1v) is 11.4. The normalized spacial score (nSPS) is 15.2. The number of ether oxygens (including phenoxy) is 2. The Morgan fingerprint density at radius 3 is 2.06 bits per heavy atom. The van der Waals surface area contributed by atoms with Crippen LogP contribution < -0.4 is 19.7 Å². The van der Waals surface area contributed by atoms with Crippen LogP contribution >= 0.6 is 0 Å². The number of nitrogens with zero attached hydrogens (tertiary/aromatic N) is 2. The van der Waals surface area contributed by atoms with Crippen molar-refractivity contribution in [2.75, 3.05) is 31.0 Å². The predicted molar refractivity (Wildman–Crippen MR) is 133 cm³/mol. The van der Waals surface area contributed by atoms with Crippen LogP contribution in [0.2, 0.25) is 0 Å². The molecule has 0 aliphatic carbocycles. The fourth-order valence-electron chi connectivity index (χ4n) is 4.02. The van der Waals surface area contributed by atoms with E-state index in [0.29, 0.717) is 23.6 Å². The number of nitrogens with one attached hydrogen (secondary N) is 1. The molecule has 1 atom stereocenters. The van der Waals surface area contributed by atoms with Crippen LogP contribution in [0.5, 0.6) is 11.5 Å². The van der Waals surface area contributed by atoms with E-state index in [1.165, 1.54) is 29.2 Å². The Labute approximate surface area is 208 Å². The molecule has 1 saturated heterocycles.